The van der Waals surface area contributed by atoms with Gasteiger partial charge in [-0.25, -0.2) is 4.98 Å². The molecule has 1 unspecified atom stereocenters. The normalized spacial score (nSPS) is 14.1. The number of carbonyl (C=O) groups excluding carboxylic acids is 1. The lowest BCUT2D eigenvalue weighted by atomic mass is 10.1. The van der Waals surface area contributed by atoms with E-state index in [9.17, 15) is 9.90 Å². The lowest BCUT2D eigenvalue weighted by Gasteiger charge is -2.11. The van der Waals surface area contributed by atoms with Crippen LogP contribution in [0.5, 0.6) is 11.6 Å². The summed E-state index contributed by atoms with van der Waals surface area (Å²) in [6.07, 6.45) is 2.88. The molecule has 9 nitrogen and oxygen atoms in total. The zero-order chi connectivity index (χ0) is 20.5. The van der Waals surface area contributed by atoms with Crippen molar-refractivity contribution < 1.29 is 19.4 Å². The number of hydrogen-bond acceptors (Lipinski definition) is 7. The molecule has 9 heteroatoms. The van der Waals surface area contributed by atoms with Crippen LogP contribution in [-0.2, 0) is 13.1 Å². The molecule has 1 atom stereocenters. The first-order chi connectivity index (χ1) is 14.0. The SMILES string of the molecule is COc1cc(-c2ccc3c(n2)CN(c2ccn(CC(C)O)n2)C3=O)cnc1OC. The Balaban J connectivity index is 1.61. The van der Waals surface area contributed by atoms with Crippen molar-refractivity contribution in [1.82, 2.24) is 19.7 Å². The van der Waals surface area contributed by atoms with Crippen molar-refractivity contribution in [1.29, 1.82) is 0 Å². The maximum atomic E-state index is 12.8. The highest BCUT2D eigenvalue weighted by atomic mass is 16.5. The molecule has 1 aliphatic heterocycles. The van der Waals surface area contributed by atoms with Gasteiger partial charge in [-0.15, -0.1) is 0 Å². The molecule has 0 saturated carbocycles. The van der Waals surface area contributed by atoms with Gasteiger partial charge in [-0.05, 0) is 25.1 Å². The van der Waals surface area contributed by atoms with E-state index >= 15 is 0 Å². The van der Waals surface area contributed by atoms with Crippen molar-refractivity contribution in [3.05, 3.63) is 47.9 Å². The molecule has 0 spiro atoms. The van der Waals surface area contributed by atoms with Crippen LogP contribution in [0, 0.1) is 0 Å². The van der Waals surface area contributed by atoms with Gasteiger partial charge in [-0.1, -0.05) is 0 Å². The van der Waals surface area contributed by atoms with Gasteiger partial charge in [0.1, 0.15) is 0 Å². The average Bonchev–Trinajstić information content (AvgIpc) is 3.30. The van der Waals surface area contributed by atoms with Crippen LogP contribution >= 0.6 is 0 Å². The maximum absolute atomic E-state index is 12.8. The average molecular weight is 395 g/mol. The van der Waals surface area contributed by atoms with Crippen molar-refractivity contribution in [2.45, 2.75) is 26.1 Å². The molecule has 3 aromatic rings. The van der Waals surface area contributed by atoms with Gasteiger partial charge in [-0.3, -0.25) is 19.4 Å². The van der Waals surface area contributed by atoms with Gasteiger partial charge < -0.3 is 14.6 Å². The van der Waals surface area contributed by atoms with Crippen LogP contribution in [0.4, 0.5) is 5.82 Å². The first-order valence-corrected chi connectivity index (χ1v) is 9.12. The minimum Gasteiger partial charge on any atom is -0.491 e. The van der Waals surface area contributed by atoms with Gasteiger partial charge in [0, 0.05) is 24.0 Å². The third kappa shape index (κ3) is 3.52. The summed E-state index contributed by atoms with van der Waals surface area (Å²) < 4.78 is 12.1. The molecule has 1 aliphatic rings. The van der Waals surface area contributed by atoms with Crippen LogP contribution < -0.4 is 14.4 Å². The molecule has 150 valence electrons. The molecular weight excluding hydrogens is 374 g/mol. The van der Waals surface area contributed by atoms with Crippen molar-refractivity contribution >= 4 is 11.7 Å². The predicted octanol–water partition coefficient (Wildman–Crippen LogP) is 1.90. The molecule has 29 heavy (non-hydrogen) atoms. The minimum atomic E-state index is -0.520. The largest absolute Gasteiger partial charge is 0.491 e. The highest BCUT2D eigenvalue weighted by Crippen LogP contribution is 2.32. The van der Waals surface area contributed by atoms with Gasteiger partial charge in [0.2, 0.25) is 0 Å². The quantitative estimate of drug-likeness (QED) is 0.680. The summed E-state index contributed by atoms with van der Waals surface area (Å²) >= 11 is 0. The Labute approximate surface area is 167 Å². The van der Waals surface area contributed by atoms with E-state index in [0.29, 0.717) is 47.5 Å². The molecule has 0 fully saturated rings. The number of pyridine rings is 2. The zero-order valence-corrected chi connectivity index (χ0v) is 16.4. The molecule has 0 radical (unpaired) electrons. The number of amides is 1. The number of aliphatic hydroxyl groups is 1. The second-order valence-corrected chi connectivity index (χ2v) is 6.76. The number of anilines is 1. The Kier molecular flexibility index (Phi) is 4.89. The third-order valence-corrected chi connectivity index (χ3v) is 4.64. The molecular formula is C20H21N5O4. The van der Waals surface area contributed by atoms with Gasteiger partial charge in [0.25, 0.3) is 11.8 Å². The fourth-order valence-corrected chi connectivity index (χ4v) is 3.27. The zero-order valence-electron chi connectivity index (χ0n) is 16.4. The number of aromatic nitrogens is 4. The monoisotopic (exact) mass is 395 g/mol. The number of rotatable bonds is 6. The molecule has 0 aromatic carbocycles. The Morgan fingerprint density at radius 1 is 1.24 bits per heavy atom. The van der Waals surface area contributed by atoms with Crippen LogP contribution in [0.15, 0.2) is 36.7 Å². The fourth-order valence-electron chi connectivity index (χ4n) is 3.27. The topological polar surface area (TPSA) is 103 Å². The Hall–Kier alpha value is -3.46. The van der Waals surface area contributed by atoms with E-state index in [1.165, 1.54) is 7.11 Å². The molecule has 0 bridgehead atoms. The Morgan fingerprint density at radius 3 is 2.79 bits per heavy atom. The van der Waals surface area contributed by atoms with E-state index in [0.717, 1.165) is 5.56 Å². The molecule has 1 amide bonds. The van der Waals surface area contributed by atoms with Crippen LogP contribution in [0.1, 0.15) is 23.0 Å². The van der Waals surface area contributed by atoms with Crippen molar-refractivity contribution in [2.24, 2.45) is 0 Å². The van der Waals surface area contributed by atoms with Gasteiger partial charge in [0.05, 0.1) is 50.4 Å². The Bertz CT molecular complexity index is 1060. The second kappa shape index (κ2) is 7.51. The number of carbonyl (C=O) groups is 1. The summed E-state index contributed by atoms with van der Waals surface area (Å²) in [7, 11) is 3.08. The van der Waals surface area contributed by atoms with E-state index in [1.807, 2.05) is 0 Å². The summed E-state index contributed by atoms with van der Waals surface area (Å²) in [4.78, 5) is 23.3. The molecule has 4 heterocycles. The molecule has 0 aliphatic carbocycles. The molecule has 1 N–H and O–H groups in total. The first-order valence-electron chi connectivity index (χ1n) is 9.12. The number of fused-ring (bicyclic) bond motifs is 1. The van der Waals surface area contributed by atoms with Crippen LogP contribution in [-0.4, -0.2) is 51.1 Å². The summed E-state index contributed by atoms with van der Waals surface area (Å²) in [5, 5.41) is 13.9. The van der Waals surface area contributed by atoms with Gasteiger partial charge in [0.15, 0.2) is 11.6 Å². The van der Waals surface area contributed by atoms with Crippen molar-refractivity contribution in [2.75, 3.05) is 19.1 Å². The van der Waals surface area contributed by atoms with Crippen LogP contribution in [0.25, 0.3) is 11.3 Å². The number of aliphatic hydroxyl groups excluding tert-OH is 1. The fraction of sp³-hybridized carbons (Fsp3) is 0.300. The van der Waals surface area contributed by atoms with E-state index in [4.69, 9.17) is 9.47 Å². The Morgan fingerprint density at radius 2 is 2.07 bits per heavy atom. The predicted molar refractivity (Wildman–Crippen MR) is 105 cm³/mol. The molecule has 0 saturated heterocycles. The van der Waals surface area contributed by atoms with E-state index in [1.54, 1.807) is 60.3 Å². The van der Waals surface area contributed by atoms with Crippen molar-refractivity contribution in [3.63, 3.8) is 0 Å². The van der Waals surface area contributed by atoms with Crippen LogP contribution in [0.2, 0.25) is 0 Å². The first kappa shape index (κ1) is 18.9. The van der Waals surface area contributed by atoms with Gasteiger partial charge >= 0.3 is 0 Å². The second-order valence-electron chi connectivity index (χ2n) is 6.76. The highest BCUT2D eigenvalue weighted by Gasteiger charge is 2.31. The standard InChI is InChI=1S/C20H21N5O4/c1-12(26)10-24-7-6-18(23-24)25-11-16-14(20(25)27)4-5-15(22-16)13-8-17(28-2)19(29-3)21-9-13/h4-9,12,26H,10-11H2,1-3H3. The summed E-state index contributed by atoms with van der Waals surface area (Å²) in [6, 6.07) is 7.11. The molecule has 3 aromatic heterocycles. The summed E-state index contributed by atoms with van der Waals surface area (Å²) in [5.41, 5.74) is 2.67. The third-order valence-electron chi connectivity index (χ3n) is 4.64. The van der Waals surface area contributed by atoms with E-state index in [2.05, 4.69) is 15.1 Å². The van der Waals surface area contributed by atoms with E-state index < -0.39 is 6.10 Å². The molecule has 4 rings (SSSR count). The number of ether oxygens (including phenoxy) is 2. The lowest BCUT2D eigenvalue weighted by Crippen LogP contribution is -2.24. The van der Waals surface area contributed by atoms with E-state index in [-0.39, 0.29) is 5.91 Å². The summed E-state index contributed by atoms with van der Waals surface area (Å²) in [6.45, 7) is 2.38. The van der Waals surface area contributed by atoms with Crippen molar-refractivity contribution in [3.8, 4) is 22.9 Å². The van der Waals surface area contributed by atoms with Crippen LogP contribution in [0.3, 0.4) is 0 Å². The number of hydrogen-bond donors (Lipinski definition) is 1. The number of methoxy groups -OCH3 is 2. The highest BCUT2D eigenvalue weighted by molar-refractivity contribution is 6.09. The number of nitrogens with zero attached hydrogens (tertiary/aromatic N) is 5. The maximum Gasteiger partial charge on any atom is 0.261 e. The minimum absolute atomic E-state index is 0.146. The summed E-state index contributed by atoms with van der Waals surface area (Å²) in [5.74, 6) is 1.29. The lowest BCUT2D eigenvalue weighted by molar-refractivity contribution is 0.0995. The van der Waals surface area contributed by atoms with Gasteiger partial charge in [-0.2, -0.15) is 5.10 Å². The smallest absolute Gasteiger partial charge is 0.261 e.